The quantitative estimate of drug-likeness (QED) is 0.335. The van der Waals surface area contributed by atoms with Crippen molar-refractivity contribution in [1.29, 1.82) is 0 Å². The molecule has 5 rings (SSSR count). The van der Waals surface area contributed by atoms with Gasteiger partial charge in [-0.2, -0.15) is 0 Å². The second-order valence-corrected chi connectivity index (χ2v) is 8.23. The van der Waals surface area contributed by atoms with Crippen molar-refractivity contribution in [1.82, 2.24) is 0 Å². The Hall–Kier alpha value is -1.40. The van der Waals surface area contributed by atoms with Gasteiger partial charge in [-0.3, -0.25) is 0 Å². The van der Waals surface area contributed by atoms with Gasteiger partial charge in [0, 0.05) is 0 Å². The van der Waals surface area contributed by atoms with Gasteiger partial charge in [-0.15, -0.1) is 24.8 Å². The first-order valence-electron chi connectivity index (χ1n) is 8.64. The van der Waals surface area contributed by atoms with Gasteiger partial charge in [-0.25, -0.2) is 0 Å². The molecule has 4 aromatic carbocycles. The molecule has 0 amide bonds. The maximum Gasteiger partial charge on any atom is -0.147 e. The van der Waals surface area contributed by atoms with Crippen molar-refractivity contribution in [2.75, 3.05) is 0 Å². The standard InChI is InChI=1S/C24H17.2ClH.Zr/c1-24(15-19-8-2-3-9-20(19)16-24)22-12-6-10-18-14-13-17-7-4-5-11-21(17)23(18)22;;;/h2-15H,1H3;2*1H;. The molecule has 1 aliphatic carbocycles. The molecule has 0 saturated heterocycles. The van der Waals surface area contributed by atoms with Crippen molar-refractivity contribution in [3.8, 4) is 0 Å². The van der Waals surface area contributed by atoms with Gasteiger partial charge in [0.05, 0.1) is 0 Å². The van der Waals surface area contributed by atoms with Crippen LogP contribution in [0.15, 0.2) is 78.9 Å². The summed E-state index contributed by atoms with van der Waals surface area (Å²) in [6.45, 7) is 2.38. The fraction of sp³-hybridized carbons (Fsp3) is 0.0833. The molecular formula is C24H19Cl2Zr. The summed E-state index contributed by atoms with van der Waals surface area (Å²) < 4.78 is 1.52. The van der Waals surface area contributed by atoms with Gasteiger partial charge in [0.2, 0.25) is 0 Å². The van der Waals surface area contributed by atoms with Crippen LogP contribution in [0.1, 0.15) is 12.5 Å². The Kier molecular flexibility index (Phi) is 5.69. The Labute approximate surface area is 186 Å². The van der Waals surface area contributed by atoms with Gasteiger partial charge < -0.3 is 0 Å². The monoisotopic (exact) mass is 467 g/mol. The third kappa shape index (κ3) is 3.01. The minimum absolute atomic E-state index is 0. The molecule has 0 fully saturated rings. The van der Waals surface area contributed by atoms with Gasteiger partial charge >= 0.3 is 163 Å². The van der Waals surface area contributed by atoms with Crippen LogP contribution >= 0.6 is 24.8 Å². The van der Waals surface area contributed by atoms with Crippen molar-refractivity contribution >= 4 is 55.7 Å². The average Bonchev–Trinajstić information content (AvgIpc) is 2.93. The van der Waals surface area contributed by atoms with Crippen LogP contribution in [0, 0.1) is 0 Å². The third-order valence-corrected chi connectivity index (χ3v) is 7.46. The molecule has 0 saturated carbocycles. The van der Waals surface area contributed by atoms with E-state index in [0.717, 1.165) is 0 Å². The van der Waals surface area contributed by atoms with E-state index in [1.54, 1.807) is 0 Å². The molecule has 0 spiro atoms. The largest absolute Gasteiger partial charge is 0.147 e. The smallest absolute Gasteiger partial charge is 0.147 e. The molecule has 0 bridgehead atoms. The Morgan fingerprint density at radius 2 is 1.37 bits per heavy atom. The zero-order chi connectivity index (χ0) is 17.0. The Bertz CT molecular complexity index is 1280. The van der Waals surface area contributed by atoms with E-state index < -0.39 is 0 Å². The zero-order valence-corrected chi connectivity index (χ0v) is 19.0. The van der Waals surface area contributed by atoms with Crippen LogP contribution in [0.2, 0.25) is 0 Å². The zero-order valence-electron chi connectivity index (χ0n) is 14.9. The first kappa shape index (κ1) is 20.3. The Balaban J connectivity index is 0.00000105. The van der Waals surface area contributed by atoms with E-state index in [1.807, 2.05) is 0 Å². The number of hydrogen-bond donors (Lipinski definition) is 0. The average molecular weight is 470 g/mol. The van der Waals surface area contributed by atoms with Crippen molar-refractivity contribution in [3.63, 3.8) is 0 Å². The predicted octanol–water partition coefficient (Wildman–Crippen LogP) is 5.24. The van der Waals surface area contributed by atoms with Crippen molar-refractivity contribution in [2.24, 2.45) is 0 Å². The molecule has 1 aliphatic rings. The molecule has 0 aromatic heterocycles. The summed E-state index contributed by atoms with van der Waals surface area (Å²) >= 11 is 1.49. The second-order valence-electron chi connectivity index (χ2n) is 7.00. The van der Waals surface area contributed by atoms with E-state index in [-0.39, 0.29) is 30.2 Å². The molecule has 0 aliphatic heterocycles. The summed E-state index contributed by atoms with van der Waals surface area (Å²) in [5.41, 5.74) is 1.39. The van der Waals surface area contributed by atoms with Gasteiger partial charge in [0.25, 0.3) is 0 Å². The summed E-state index contributed by atoms with van der Waals surface area (Å²) in [6, 6.07) is 28.8. The van der Waals surface area contributed by atoms with Crippen molar-refractivity contribution < 1.29 is 24.7 Å². The van der Waals surface area contributed by atoms with Crippen LogP contribution < -0.4 is 10.4 Å². The van der Waals surface area contributed by atoms with Crippen molar-refractivity contribution in [2.45, 2.75) is 12.3 Å². The fourth-order valence-electron chi connectivity index (χ4n) is 4.22. The number of benzene rings is 4. The molecule has 0 N–H and O–H groups in total. The van der Waals surface area contributed by atoms with E-state index in [9.17, 15) is 0 Å². The molecule has 133 valence electrons. The third-order valence-electron chi connectivity index (χ3n) is 5.52. The van der Waals surface area contributed by atoms with Crippen LogP contribution in [-0.4, -0.2) is 0 Å². The number of halogens is 2. The topological polar surface area (TPSA) is 0 Å². The fourth-order valence-corrected chi connectivity index (χ4v) is 5.29. The summed E-state index contributed by atoms with van der Waals surface area (Å²) in [4.78, 5) is 0. The minimum atomic E-state index is -0.0361. The van der Waals surface area contributed by atoms with Crippen molar-refractivity contribution in [3.05, 3.63) is 94.9 Å². The number of rotatable bonds is 1. The number of hydrogen-bond acceptors (Lipinski definition) is 0. The van der Waals surface area contributed by atoms with Gasteiger partial charge in [0.1, 0.15) is 0 Å². The summed E-state index contributed by atoms with van der Waals surface area (Å²) in [6.07, 6.45) is 2.46. The maximum absolute atomic E-state index is 2.46. The van der Waals surface area contributed by atoms with Crippen LogP contribution in [0.4, 0.5) is 0 Å². The molecular weight excluding hydrogens is 450 g/mol. The molecule has 27 heavy (non-hydrogen) atoms. The normalized spacial score (nSPS) is 17.7. The summed E-state index contributed by atoms with van der Waals surface area (Å²) in [5, 5.41) is 8.17. The molecule has 0 heterocycles. The first-order valence-corrected chi connectivity index (χ1v) is 9.87. The maximum atomic E-state index is 2.46. The Morgan fingerprint density at radius 1 is 0.704 bits per heavy atom. The van der Waals surface area contributed by atoms with Gasteiger partial charge in [-0.1, -0.05) is 0 Å². The molecule has 1 atom stereocenters. The van der Waals surface area contributed by atoms with Gasteiger partial charge in [-0.05, 0) is 0 Å². The number of fused-ring (bicyclic) bond motifs is 4. The van der Waals surface area contributed by atoms with E-state index >= 15 is 0 Å². The summed E-state index contributed by atoms with van der Waals surface area (Å²) in [7, 11) is 0. The second kappa shape index (κ2) is 7.55. The molecule has 1 unspecified atom stereocenters. The Morgan fingerprint density at radius 3 is 2.19 bits per heavy atom. The van der Waals surface area contributed by atoms with Crippen LogP contribution in [-0.2, 0) is 30.1 Å². The minimum Gasteiger partial charge on any atom is -0.147 e. The summed E-state index contributed by atoms with van der Waals surface area (Å²) in [5.74, 6) is 0. The molecule has 0 radical (unpaired) electrons. The molecule has 4 aromatic rings. The van der Waals surface area contributed by atoms with Crippen LogP contribution in [0.25, 0.3) is 30.9 Å². The van der Waals surface area contributed by atoms with E-state index in [0.29, 0.717) is 0 Å². The van der Waals surface area contributed by atoms with E-state index in [4.69, 9.17) is 0 Å². The van der Waals surface area contributed by atoms with E-state index in [2.05, 4.69) is 91.9 Å². The van der Waals surface area contributed by atoms with Crippen LogP contribution in [0.5, 0.6) is 0 Å². The van der Waals surface area contributed by atoms with Gasteiger partial charge in [0.15, 0.2) is 0 Å². The SMILES string of the molecule is CC1(c2cccc3ccc4ccccc4c23)C=c2ccccc2=[C]1[Zr].Cl.Cl. The van der Waals surface area contributed by atoms with Crippen LogP contribution in [0.3, 0.4) is 0 Å². The molecule has 3 heteroatoms. The van der Waals surface area contributed by atoms with E-state index in [1.165, 1.54) is 65.5 Å². The predicted molar refractivity (Wildman–Crippen MR) is 117 cm³/mol. The molecule has 0 nitrogen and oxygen atoms in total. The first-order chi connectivity index (χ1) is 12.2.